The molecule has 0 spiro atoms. The molecule has 1 nitrogen and oxygen atoms in total. The van der Waals surface area contributed by atoms with Gasteiger partial charge in [-0.3, -0.25) is 4.98 Å². The van der Waals surface area contributed by atoms with Crippen LogP contribution in [0.4, 0.5) is 0 Å². The van der Waals surface area contributed by atoms with Gasteiger partial charge in [-0.2, -0.15) is 0 Å². The van der Waals surface area contributed by atoms with Crippen molar-refractivity contribution in [3.8, 4) is 11.1 Å². The maximum Gasteiger partial charge on any atom is 0.0412 e. The third-order valence-corrected chi connectivity index (χ3v) is 2.55. The molecule has 0 atom stereocenters. The Morgan fingerprint density at radius 3 is 2.80 bits per heavy atom. The fraction of sp³-hybridized carbons (Fsp3) is 0.0769. The predicted molar refractivity (Wildman–Crippen MR) is 63.7 cm³/mol. The first-order valence-corrected chi connectivity index (χ1v) is 5.17. The number of pyridine rings is 1. The van der Waals surface area contributed by atoms with E-state index in [1.54, 1.807) is 6.20 Å². The Hall–Kier alpha value is -1.34. The Balaban J connectivity index is 2.56. The summed E-state index contributed by atoms with van der Waals surface area (Å²) in [6, 6.07) is 9.81. The lowest BCUT2D eigenvalue weighted by Gasteiger charge is -2.07. The van der Waals surface area contributed by atoms with Crippen LogP contribution in [0, 0.1) is 6.92 Å². The Labute approximate surface area is 94.7 Å². The van der Waals surface area contributed by atoms with Gasteiger partial charge in [-0.15, -0.1) is 0 Å². The molecule has 1 heterocycles. The molecule has 0 fully saturated rings. The minimum atomic E-state index is 0.742. The van der Waals surface area contributed by atoms with Gasteiger partial charge >= 0.3 is 0 Å². The molecule has 0 unspecified atom stereocenters. The van der Waals surface area contributed by atoms with Crippen LogP contribution in [-0.4, -0.2) is 4.98 Å². The molecule has 1 aromatic heterocycles. The molecular formula is C13H11ClN. The van der Waals surface area contributed by atoms with Crippen LogP contribution in [0.1, 0.15) is 5.56 Å². The first kappa shape index (κ1) is 10.2. The predicted octanol–water partition coefficient (Wildman–Crippen LogP) is 3.78. The highest BCUT2D eigenvalue weighted by atomic mass is 35.5. The summed E-state index contributed by atoms with van der Waals surface area (Å²) in [6.07, 6.45) is 4.35. The van der Waals surface area contributed by atoms with E-state index in [4.69, 9.17) is 11.6 Å². The molecule has 15 heavy (non-hydrogen) atoms. The molecule has 0 aliphatic rings. The van der Waals surface area contributed by atoms with Crippen molar-refractivity contribution in [1.29, 1.82) is 0 Å². The van der Waals surface area contributed by atoms with Crippen molar-refractivity contribution >= 4 is 11.6 Å². The zero-order valence-electron chi connectivity index (χ0n) is 8.28. The van der Waals surface area contributed by atoms with E-state index in [1.807, 2.05) is 36.5 Å². The van der Waals surface area contributed by atoms with Crippen molar-refractivity contribution in [3.63, 3.8) is 0 Å². The van der Waals surface area contributed by atoms with Gasteiger partial charge in [0.25, 0.3) is 0 Å². The number of nitrogens with zero attached hydrogens (tertiary/aromatic N) is 1. The van der Waals surface area contributed by atoms with Crippen LogP contribution in [-0.2, 0) is 6.42 Å². The molecular weight excluding hydrogens is 206 g/mol. The molecule has 2 rings (SSSR count). The number of benzene rings is 1. The summed E-state index contributed by atoms with van der Waals surface area (Å²) in [5.41, 5.74) is 3.39. The number of halogens is 1. The van der Waals surface area contributed by atoms with Crippen molar-refractivity contribution in [3.05, 3.63) is 60.2 Å². The smallest absolute Gasteiger partial charge is 0.0412 e. The largest absolute Gasteiger partial charge is 0.264 e. The summed E-state index contributed by atoms with van der Waals surface area (Å²) in [5.74, 6) is 0. The quantitative estimate of drug-likeness (QED) is 0.745. The third-order valence-electron chi connectivity index (χ3n) is 2.31. The van der Waals surface area contributed by atoms with Crippen molar-refractivity contribution in [2.45, 2.75) is 6.42 Å². The average molecular weight is 217 g/mol. The lowest BCUT2D eigenvalue weighted by atomic mass is 10.00. The zero-order chi connectivity index (χ0) is 10.7. The summed E-state index contributed by atoms with van der Waals surface area (Å²) in [5, 5.41) is 0.742. The van der Waals surface area contributed by atoms with Crippen molar-refractivity contribution in [2.75, 3.05) is 0 Å². The SMILES string of the molecule is [CH2]Cc1ccc(Cl)cc1-c1cccnc1. The van der Waals surface area contributed by atoms with Crippen LogP contribution in [0.2, 0.25) is 5.02 Å². The summed E-state index contributed by atoms with van der Waals surface area (Å²) < 4.78 is 0. The lowest BCUT2D eigenvalue weighted by molar-refractivity contribution is 1.26. The second-order valence-electron chi connectivity index (χ2n) is 3.29. The number of hydrogen-bond acceptors (Lipinski definition) is 1. The monoisotopic (exact) mass is 216 g/mol. The molecule has 1 radical (unpaired) electrons. The van der Waals surface area contributed by atoms with Gasteiger partial charge in [0.2, 0.25) is 0 Å². The summed E-state index contributed by atoms with van der Waals surface area (Å²) in [6.45, 7) is 3.91. The molecule has 2 aromatic rings. The minimum Gasteiger partial charge on any atom is -0.264 e. The number of aromatic nitrogens is 1. The van der Waals surface area contributed by atoms with Crippen LogP contribution in [0.5, 0.6) is 0 Å². The first-order chi connectivity index (χ1) is 7.31. The van der Waals surface area contributed by atoms with E-state index in [9.17, 15) is 0 Å². The van der Waals surface area contributed by atoms with Crippen LogP contribution in [0.3, 0.4) is 0 Å². The van der Waals surface area contributed by atoms with Crippen LogP contribution in [0.25, 0.3) is 11.1 Å². The Morgan fingerprint density at radius 1 is 1.27 bits per heavy atom. The Morgan fingerprint density at radius 2 is 2.13 bits per heavy atom. The maximum atomic E-state index is 5.98. The molecule has 0 saturated carbocycles. The first-order valence-electron chi connectivity index (χ1n) is 4.79. The van der Waals surface area contributed by atoms with Gasteiger partial charge in [-0.05, 0) is 42.7 Å². The molecule has 0 saturated heterocycles. The van der Waals surface area contributed by atoms with E-state index in [-0.39, 0.29) is 0 Å². The van der Waals surface area contributed by atoms with Crippen molar-refractivity contribution in [2.24, 2.45) is 0 Å². The molecule has 0 N–H and O–H groups in total. The molecule has 0 aliphatic heterocycles. The third kappa shape index (κ3) is 2.18. The van der Waals surface area contributed by atoms with Crippen LogP contribution in [0.15, 0.2) is 42.7 Å². The van der Waals surface area contributed by atoms with Gasteiger partial charge in [0.1, 0.15) is 0 Å². The van der Waals surface area contributed by atoms with Gasteiger partial charge in [-0.1, -0.05) is 23.7 Å². The van der Waals surface area contributed by atoms with Gasteiger partial charge < -0.3 is 0 Å². The molecule has 0 bridgehead atoms. The molecule has 75 valence electrons. The van der Waals surface area contributed by atoms with E-state index in [1.165, 1.54) is 5.56 Å². The van der Waals surface area contributed by atoms with Gasteiger partial charge in [0.05, 0.1) is 0 Å². The highest BCUT2D eigenvalue weighted by molar-refractivity contribution is 6.30. The standard InChI is InChI=1S/C13H11ClN/c1-2-10-5-6-12(14)8-13(10)11-4-3-7-15-9-11/h3-9H,1-2H2. The van der Waals surface area contributed by atoms with Crippen molar-refractivity contribution < 1.29 is 0 Å². The van der Waals surface area contributed by atoms with E-state index in [0.29, 0.717) is 0 Å². The summed E-state index contributed by atoms with van der Waals surface area (Å²) in [7, 11) is 0. The van der Waals surface area contributed by atoms with E-state index >= 15 is 0 Å². The zero-order valence-corrected chi connectivity index (χ0v) is 9.04. The van der Waals surface area contributed by atoms with Gasteiger partial charge in [0, 0.05) is 23.0 Å². The Kier molecular flexibility index (Phi) is 3.02. The highest BCUT2D eigenvalue weighted by Gasteiger charge is 2.04. The Bertz CT molecular complexity index is 451. The minimum absolute atomic E-state index is 0.742. The second-order valence-corrected chi connectivity index (χ2v) is 3.73. The number of rotatable bonds is 2. The normalized spacial score (nSPS) is 10.3. The topological polar surface area (TPSA) is 12.9 Å². The highest BCUT2D eigenvalue weighted by Crippen LogP contribution is 2.26. The van der Waals surface area contributed by atoms with Gasteiger partial charge in [-0.25, -0.2) is 0 Å². The van der Waals surface area contributed by atoms with Crippen LogP contribution < -0.4 is 0 Å². The average Bonchev–Trinajstić information content (AvgIpc) is 2.30. The van der Waals surface area contributed by atoms with Gasteiger partial charge in [0.15, 0.2) is 0 Å². The van der Waals surface area contributed by atoms with E-state index in [2.05, 4.69) is 11.9 Å². The molecule has 1 aromatic carbocycles. The summed E-state index contributed by atoms with van der Waals surface area (Å²) in [4.78, 5) is 4.10. The van der Waals surface area contributed by atoms with E-state index < -0.39 is 0 Å². The molecule has 0 aliphatic carbocycles. The number of hydrogen-bond donors (Lipinski definition) is 0. The lowest BCUT2D eigenvalue weighted by Crippen LogP contribution is -1.88. The maximum absolute atomic E-state index is 5.98. The molecule has 2 heteroatoms. The van der Waals surface area contributed by atoms with Crippen LogP contribution >= 0.6 is 11.6 Å². The summed E-state index contributed by atoms with van der Waals surface area (Å²) >= 11 is 5.98. The molecule has 0 amide bonds. The second kappa shape index (κ2) is 4.45. The van der Waals surface area contributed by atoms with Crippen molar-refractivity contribution in [1.82, 2.24) is 4.98 Å². The van der Waals surface area contributed by atoms with E-state index in [0.717, 1.165) is 22.6 Å². The fourth-order valence-electron chi connectivity index (χ4n) is 1.56. The fourth-order valence-corrected chi connectivity index (χ4v) is 1.73.